The lowest BCUT2D eigenvalue weighted by Gasteiger charge is -2.40. The maximum Gasteiger partial charge on any atom is 0.249 e. The predicted molar refractivity (Wildman–Crippen MR) is 91.8 cm³/mol. The molecule has 1 aliphatic carbocycles. The van der Waals surface area contributed by atoms with E-state index in [-0.39, 0.29) is 17.6 Å². The Morgan fingerprint density at radius 2 is 1.75 bits per heavy atom. The first-order chi connectivity index (χ1) is 11.7. The maximum absolute atomic E-state index is 12.3. The molecule has 136 valence electrons. The molecule has 3 saturated heterocycles. The van der Waals surface area contributed by atoms with Crippen LogP contribution in [0, 0.1) is 11.8 Å². The van der Waals surface area contributed by atoms with Crippen LogP contribution in [0.1, 0.15) is 51.4 Å². The van der Waals surface area contributed by atoms with Crippen LogP contribution in [0.4, 0.5) is 0 Å². The number of piperidine rings is 1. The van der Waals surface area contributed by atoms with Crippen LogP contribution < -0.4 is 5.32 Å². The van der Waals surface area contributed by atoms with Crippen LogP contribution in [0.15, 0.2) is 0 Å². The molecule has 0 aromatic heterocycles. The zero-order chi connectivity index (χ0) is 16.4. The summed E-state index contributed by atoms with van der Waals surface area (Å²) in [5.41, 5.74) is -0.0201. The van der Waals surface area contributed by atoms with Crippen molar-refractivity contribution in [2.24, 2.45) is 11.8 Å². The molecular weight excluding hydrogens is 304 g/mol. The maximum atomic E-state index is 12.3. The van der Waals surface area contributed by atoms with Crippen molar-refractivity contribution < 1.29 is 14.3 Å². The smallest absolute Gasteiger partial charge is 0.249 e. The lowest BCUT2D eigenvalue weighted by Crippen LogP contribution is -2.47. The van der Waals surface area contributed by atoms with Crippen molar-refractivity contribution in [1.29, 1.82) is 0 Å². The predicted octanol–water partition coefficient (Wildman–Crippen LogP) is 1.95. The van der Waals surface area contributed by atoms with E-state index in [0.717, 1.165) is 70.4 Å². The molecule has 0 aromatic carbocycles. The van der Waals surface area contributed by atoms with Gasteiger partial charge in [0.25, 0.3) is 0 Å². The van der Waals surface area contributed by atoms with Crippen LogP contribution in [-0.4, -0.2) is 61.9 Å². The molecule has 0 bridgehead atoms. The summed E-state index contributed by atoms with van der Waals surface area (Å²) < 4.78 is 11.7. The van der Waals surface area contributed by atoms with Crippen molar-refractivity contribution in [2.75, 3.05) is 39.4 Å². The van der Waals surface area contributed by atoms with Crippen molar-refractivity contribution in [3.8, 4) is 0 Å². The van der Waals surface area contributed by atoms with Gasteiger partial charge in [-0.3, -0.25) is 4.79 Å². The standard InChI is InChI=1S/C19H32N2O3/c22-18(20-13-15-1-2-15)17-3-6-19(24-17)7-9-21(10-8-19)14-16-4-11-23-12-5-16/h15-17H,1-14H2,(H,20,22). The summed E-state index contributed by atoms with van der Waals surface area (Å²) in [6, 6.07) is 0. The molecule has 3 heterocycles. The van der Waals surface area contributed by atoms with Crippen LogP contribution in [-0.2, 0) is 14.3 Å². The summed E-state index contributed by atoms with van der Waals surface area (Å²) in [6.07, 6.45) is 8.90. The van der Waals surface area contributed by atoms with Crippen molar-refractivity contribution >= 4 is 5.91 Å². The molecular formula is C19H32N2O3. The van der Waals surface area contributed by atoms with E-state index in [1.807, 2.05) is 0 Å². The molecule has 1 atom stereocenters. The van der Waals surface area contributed by atoms with E-state index in [1.165, 1.54) is 32.2 Å². The van der Waals surface area contributed by atoms with Gasteiger partial charge >= 0.3 is 0 Å². The molecule has 5 heteroatoms. The second-order valence-electron chi connectivity index (χ2n) is 8.37. The second kappa shape index (κ2) is 7.30. The van der Waals surface area contributed by atoms with Crippen molar-refractivity contribution in [1.82, 2.24) is 10.2 Å². The van der Waals surface area contributed by atoms with E-state index in [4.69, 9.17) is 9.47 Å². The number of ether oxygens (including phenoxy) is 2. The van der Waals surface area contributed by atoms with Gasteiger partial charge in [0.05, 0.1) is 5.60 Å². The summed E-state index contributed by atoms with van der Waals surface area (Å²) in [5, 5.41) is 3.09. The lowest BCUT2D eigenvalue weighted by atomic mass is 9.87. The molecule has 1 spiro atoms. The molecule has 4 rings (SSSR count). The molecule has 0 radical (unpaired) electrons. The van der Waals surface area contributed by atoms with Crippen LogP contribution >= 0.6 is 0 Å². The van der Waals surface area contributed by atoms with Crippen molar-refractivity contribution in [2.45, 2.75) is 63.1 Å². The molecule has 24 heavy (non-hydrogen) atoms. The Balaban J connectivity index is 1.20. The number of hydrogen-bond acceptors (Lipinski definition) is 4. The first-order valence-electron chi connectivity index (χ1n) is 9.98. The number of hydrogen-bond donors (Lipinski definition) is 1. The second-order valence-corrected chi connectivity index (χ2v) is 8.37. The highest BCUT2D eigenvalue weighted by Crippen LogP contribution is 2.39. The van der Waals surface area contributed by atoms with Crippen LogP contribution in [0.2, 0.25) is 0 Å². The minimum atomic E-state index is -0.203. The summed E-state index contributed by atoms with van der Waals surface area (Å²) >= 11 is 0. The third kappa shape index (κ3) is 4.12. The fraction of sp³-hybridized carbons (Fsp3) is 0.947. The SMILES string of the molecule is O=C(NCC1CC1)C1CCC2(CCN(CC3CCOCC3)CC2)O1. The van der Waals surface area contributed by atoms with Crippen LogP contribution in [0.25, 0.3) is 0 Å². The highest BCUT2D eigenvalue weighted by molar-refractivity contribution is 5.81. The Kier molecular flexibility index (Phi) is 5.11. The fourth-order valence-corrected chi connectivity index (χ4v) is 4.48. The summed E-state index contributed by atoms with van der Waals surface area (Å²) in [4.78, 5) is 14.9. The van der Waals surface area contributed by atoms with E-state index >= 15 is 0 Å². The van der Waals surface area contributed by atoms with E-state index in [0.29, 0.717) is 0 Å². The number of carbonyl (C=O) groups excluding carboxylic acids is 1. The van der Waals surface area contributed by atoms with Crippen molar-refractivity contribution in [3.63, 3.8) is 0 Å². The van der Waals surface area contributed by atoms with Gasteiger partial charge in [-0.2, -0.15) is 0 Å². The first kappa shape index (κ1) is 16.8. The fourth-order valence-electron chi connectivity index (χ4n) is 4.48. The molecule has 1 N–H and O–H groups in total. The van der Waals surface area contributed by atoms with Crippen LogP contribution in [0.5, 0.6) is 0 Å². The monoisotopic (exact) mass is 336 g/mol. The molecule has 5 nitrogen and oxygen atoms in total. The third-order valence-electron chi connectivity index (χ3n) is 6.43. The zero-order valence-corrected chi connectivity index (χ0v) is 14.8. The van der Waals surface area contributed by atoms with Gasteiger partial charge < -0.3 is 19.7 Å². The molecule has 4 fully saturated rings. The average molecular weight is 336 g/mol. The summed E-state index contributed by atoms with van der Waals surface area (Å²) in [5.74, 6) is 1.67. The summed E-state index contributed by atoms with van der Waals surface area (Å²) in [7, 11) is 0. The van der Waals surface area contributed by atoms with E-state index in [2.05, 4.69) is 10.2 Å². The van der Waals surface area contributed by atoms with Gasteiger partial charge in [-0.25, -0.2) is 0 Å². The Morgan fingerprint density at radius 1 is 1.00 bits per heavy atom. The largest absolute Gasteiger partial charge is 0.381 e. The Hall–Kier alpha value is -0.650. The number of likely N-dealkylation sites (tertiary alicyclic amines) is 1. The highest BCUT2D eigenvalue weighted by atomic mass is 16.5. The number of nitrogens with one attached hydrogen (secondary N) is 1. The molecule has 0 aromatic rings. The normalized spacial score (nSPS) is 31.4. The lowest BCUT2D eigenvalue weighted by molar-refractivity contribution is -0.141. The number of carbonyl (C=O) groups is 1. The quantitative estimate of drug-likeness (QED) is 0.834. The van der Waals surface area contributed by atoms with Gasteiger partial charge in [0.1, 0.15) is 6.10 Å². The number of amides is 1. The van der Waals surface area contributed by atoms with Gasteiger partial charge in [-0.05, 0) is 63.2 Å². The Bertz CT molecular complexity index is 438. The van der Waals surface area contributed by atoms with E-state index in [9.17, 15) is 4.79 Å². The van der Waals surface area contributed by atoms with E-state index in [1.54, 1.807) is 0 Å². The van der Waals surface area contributed by atoms with Gasteiger partial charge in [0.15, 0.2) is 0 Å². The Labute approximate surface area is 145 Å². The number of nitrogens with zero attached hydrogens (tertiary/aromatic N) is 1. The zero-order valence-electron chi connectivity index (χ0n) is 14.8. The van der Waals surface area contributed by atoms with Gasteiger partial charge in [-0.15, -0.1) is 0 Å². The third-order valence-corrected chi connectivity index (χ3v) is 6.43. The molecule has 1 saturated carbocycles. The van der Waals surface area contributed by atoms with E-state index < -0.39 is 0 Å². The average Bonchev–Trinajstić information content (AvgIpc) is 3.36. The molecule has 4 aliphatic rings. The molecule has 3 aliphatic heterocycles. The first-order valence-corrected chi connectivity index (χ1v) is 9.98. The highest BCUT2D eigenvalue weighted by Gasteiger charge is 2.44. The number of rotatable bonds is 5. The van der Waals surface area contributed by atoms with Gasteiger partial charge in [0, 0.05) is 39.4 Å². The molecule has 1 amide bonds. The topological polar surface area (TPSA) is 50.8 Å². The van der Waals surface area contributed by atoms with Gasteiger partial charge in [-0.1, -0.05) is 0 Å². The van der Waals surface area contributed by atoms with Gasteiger partial charge in [0.2, 0.25) is 5.91 Å². The Morgan fingerprint density at radius 3 is 2.46 bits per heavy atom. The minimum absolute atomic E-state index is 0.0201. The minimum Gasteiger partial charge on any atom is -0.381 e. The summed E-state index contributed by atoms with van der Waals surface area (Å²) in [6.45, 7) is 6.17. The molecule has 1 unspecified atom stereocenters. The van der Waals surface area contributed by atoms with Crippen LogP contribution in [0.3, 0.4) is 0 Å². The van der Waals surface area contributed by atoms with Crippen molar-refractivity contribution in [3.05, 3.63) is 0 Å².